The van der Waals surface area contributed by atoms with Crippen LogP contribution in [-0.4, -0.2) is 35.3 Å². The van der Waals surface area contributed by atoms with Gasteiger partial charge in [-0.1, -0.05) is 51.9 Å². The third-order valence-electron chi connectivity index (χ3n) is 5.42. The molecule has 0 aromatic rings. The first-order chi connectivity index (χ1) is 11.1. The molecule has 132 valence electrons. The predicted octanol–water partition coefficient (Wildman–Crippen LogP) is 3.64. The minimum absolute atomic E-state index is 0.0830. The van der Waals surface area contributed by atoms with Gasteiger partial charge in [0.25, 0.3) is 0 Å². The van der Waals surface area contributed by atoms with E-state index in [2.05, 4.69) is 19.2 Å². The smallest absolute Gasteiger partial charge is 0.225 e. The number of rotatable bonds is 8. The highest BCUT2D eigenvalue weighted by atomic mass is 16.2. The molecule has 1 saturated heterocycles. The molecule has 2 amide bonds. The summed E-state index contributed by atoms with van der Waals surface area (Å²) in [6.45, 7) is 4.93. The van der Waals surface area contributed by atoms with Crippen molar-refractivity contribution in [3.8, 4) is 0 Å². The number of unbranched alkanes of at least 4 members (excludes halogenated alkanes) is 3. The Morgan fingerprint density at radius 2 is 1.96 bits per heavy atom. The van der Waals surface area contributed by atoms with Crippen LogP contribution in [0.3, 0.4) is 0 Å². The number of nitrogens with zero attached hydrogens (tertiary/aromatic N) is 1. The lowest BCUT2D eigenvalue weighted by molar-refractivity contribution is -0.130. The topological polar surface area (TPSA) is 49.4 Å². The van der Waals surface area contributed by atoms with Gasteiger partial charge in [-0.05, 0) is 26.2 Å². The van der Waals surface area contributed by atoms with Gasteiger partial charge >= 0.3 is 0 Å². The minimum Gasteiger partial charge on any atom is -0.353 e. The highest BCUT2D eigenvalue weighted by Gasteiger charge is 2.38. The fourth-order valence-electron chi connectivity index (χ4n) is 3.96. The first-order valence-corrected chi connectivity index (χ1v) is 9.71. The standard InChI is InChI=1S/C19H34N2O2/c1-3-4-5-7-10-15(2)20-19(23)16-13-18(22)21(14-16)17-11-8-6-9-12-17/h15-17H,3-14H2,1-2H3,(H,20,23). The molecule has 0 aromatic heterocycles. The first kappa shape index (κ1) is 18.3. The number of carbonyl (C=O) groups excluding carboxylic acids is 2. The van der Waals surface area contributed by atoms with Crippen LogP contribution in [0.2, 0.25) is 0 Å². The molecule has 2 fully saturated rings. The number of nitrogens with one attached hydrogen (secondary N) is 1. The van der Waals surface area contributed by atoms with Crippen LogP contribution in [0.15, 0.2) is 0 Å². The lowest BCUT2D eigenvalue weighted by Gasteiger charge is -2.31. The zero-order valence-corrected chi connectivity index (χ0v) is 15.0. The highest BCUT2D eigenvalue weighted by Crippen LogP contribution is 2.28. The van der Waals surface area contributed by atoms with Gasteiger partial charge in [0.2, 0.25) is 11.8 Å². The van der Waals surface area contributed by atoms with Crippen molar-refractivity contribution in [3.05, 3.63) is 0 Å². The second kappa shape index (κ2) is 9.29. The van der Waals surface area contributed by atoms with Crippen molar-refractivity contribution in [1.29, 1.82) is 0 Å². The van der Waals surface area contributed by atoms with Gasteiger partial charge < -0.3 is 10.2 Å². The van der Waals surface area contributed by atoms with Gasteiger partial charge in [0.15, 0.2) is 0 Å². The molecule has 2 aliphatic rings. The predicted molar refractivity (Wildman–Crippen MR) is 93.1 cm³/mol. The maximum Gasteiger partial charge on any atom is 0.225 e. The van der Waals surface area contributed by atoms with Crippen LogP contribution < -0.4 is 5.32 Å². The Morgan fingerprint density at radius 1 is 1.22 bits per heavy atom. The number of amides is 2. The van der Waals surface area contributed by atoms with Gasteiger partial charge in [0.05, 0.1) is 5.92 Å². The van der Waals surface area contributed by atoms with E-state index < -0.39 is 0 Å². The molecule has 0 spiro atoms. The monoisotopic (exact) mass is 322 g/mol. The maximum absolute atomic E-state index is 12.4. The third kappa shape index (κ3) is 5.50. The molecule has 0 aromatic carbocycles. The quantitative estimate of drug-likeness (QED) is 0.694. The molecule has 4 heteroatoms. The second-order valence-corrected chi connectivity index (χ2v) is 7.50. The van der Waals surface area contributed by atoms with E-state index in [9.17, 15) is 9.59 Å². The zero-order chi connectivity index (χ0) is 16.7. The molecule has 1 heterocycles. The zero-order valence-electron chi connectivity index (χ0n) is 15.0. The molecule has 1 saturated carbocycles. The summed E-state index contributed by atoms with van der Waals surface area (Å²) in [6, 6.07) is 0.610. The molecule has 2 atom stereocenters. The molecular weight excluding hydrogens is 288 g/mol. The van der Waals surface area contributed by atoms with E-state index in [-0.39, 0.29) is 23.8 Å². The summed E-state index contributed by atoms with van der Waals surface area (Å²) in [7, 11) is 0. The summed E-state index contributed by atoms with van der Waals surface area (Å²) in [5, 5.41) is 3.12. The third-order valence-corrected chi connectivity index (χ3v) is 5.42. The summed E-state index contributed by atoms with van der Waals surface area (Å²) < 4.78 is 0. The Balaban J connectivity index is 1.73. The van der Waals surface area contributed by atoms with Crippen molar-refractivity contribution in [2.24, 2.45) is 5.92 Å². The molecule has 0 bridgehead atoms. The van der Waals surface area contributed by atoms with E-state index >= 15 is 0 Å². The van der Waals surface area contributed by atoms with Gasteiger partial charge in [-0.15, -0.1) is 0 Å². The van der Waals surface area contributed by atoms with E-state index in [4.69, 9.17) is 0 Å². The van der Waals surface area contributed by atoms with Gasteiger partial charge in [-0.3, -0.25) is 9.59 Å². The van der Waals surface area contributed by atoms with E-state index in [1.165, 1.54) is 44.9 Å². The minimum atomic E-state index is -0.137. The number of likely N-dealkylation sites (tertiary alicyclic amines) is 1. The van der Waals surface area contributed by atoms with Crippen molar-refractivity contribution >= 4 is 11.8 Å². The summed E-state index contributed by atoms with van der Waals surface area (Å²) in [5.41, 5.74) is 0. The molecule has 4 nitrogen and oxygen atoms in total. The van der Waals surface area contributed by atoms with Crippen LogP contribution in [0, 0.1) is 5.92 Å². The largest absolute Gasteiger partial charge is 0.353 e. The maximum atomic E-state index is 12.4. The van der Waals surface area contributed by atoms with E-state index in [1.807, 2.05) is 4.90 Å². The lowest BCUT2D eigenvalue weighted by Crippen LogP contribution is -2.41. The Hall–Kier alpha value is -1.06. The number of hydrogen-bond acceptors (Lipinski definition) is 2. The van der Waals surface area contributed by atoms with Crippen LogP contribution >= 0.6 is 0 Å². The van der Waals surface area contributed by atoms with E-state index in [0.29, 0.717) is 19.0 Å². The summed E-state index contributed by atoms with van der Waals surface area (Å²) in [5.74, 6) is 0.134. The van der Waals surface area contributed by atoms with Crippen molar-refractivity contribution in [2.75, 3.05) is 6.54 Å². The second-order valence-electron chi connectivity index (χ2n) is 7.50. The Bertz CT molecular complexity index is 391. The van der Waals surface area contributed by atoms with Crippen LogP contribution in [0.25, 0.3) is 0 Å². The summed E-state index contributed by atoms with van der Waals surface area (Å²) in [4.78, 5) is 26.7. The molecule has 1 N–H and O–H groups in total. The van der Waals surface area contributed by atoms with Gasteiger partial charge in [0.1, 0.15) is 0 Å². The molecule has 0 radical (unpaired) electrons. The molecule has 1 aliphatic heterocycles. The van der Waals surface area contributed by atoms with Crippen LogP contribution in [-0.2, 0) is 9.59 Å². The Labute approximate surface area is 141 Å². The van der Waals surface area contributed by atoms with E-state index in [0.717, 1.165) is 19.3 Å². The van der Waals surface area contributed by atoms with Crippen molar-refractivity contribution in [3.63, 3.8) is 0 Å². The highest BCUT2D eigenvalue weighted by molar-refractivity contribution is 5.89. The average molecular weight is 322 g/mol. The SMILES string of the molecule is CCCCCCC(C)NC(=O)C1CC(=O)N(C2CCCCC2)C1. The molecule has 2 rings (SSSR count). The van der Waals surface area contributed by atoms with Crippen molar-refractivity contribution in [1.82, 2.24) is 10.2 Å². The molecule has 23 heavy (non-hydrogen) atoms. The fraction of sp³-hybridized carbons (Fsp3) is 0.895. The number of carbonyl (C=O) groups is 2. The van der Waals surface area contributed by atoms with Crippen molar-refractivity contribution < 1.29 is 9.59 Å². The van der Waals surface area contributed by atoms with E-state index in [1.54, 1.807) is 0 Å². The van der Waals surface area contributed by atoms with Gasteiger partial charge in [-0.2, -0.15) is 0 Å². The Kier molecular flexibility index (Phi) is 7.38. The normalized spacial score (nSPS) is 24.0. The Morgan fingerprint density at radius 3 is 2.65 bits per heavy atom. The molecule has 1 aliphatic carbocycles. The average Bonchev–Trinajstić information content (AvgIpc) is 2.94. The van der Waals surface area contributed by atoms with Crippen LogP contribution in [0.4, 0.5) is 0 Å². The summed E-state index contributed by atoms with van der Waals surface area (Å²) in [6.07, 6.45) is 12.3. The summed E-state index contributed by atoms with van der Waals surface area (Å²) >= 11 is 0. The number of hydrogen-bond donors (Lipinski definition) is 1. The first-order valence-electron chi connectivity index (χ1n) is 9.71. The van der Waals surface area contributed by atoms with Gasteiger partial charge in [0, 0.05) is 25.0 Å². The van der Waals surface area contributed by atoms with Crippen molar-refractivity contribution in [2.45, 2.75) is 96.6 Å². The fourth-order valence-corrected chi connectivity index (χ4v) is 3.96. The van der Waals surface area contributed by atoms with Crippen LogP contribution in [0.1, 0.15) is 84.5 Å². The van der Waals surface area contributed by atoms with Gasteiger partial charge in [-0.25, -0.2) is 0 Å². The van der Waals surface area contributed by atoms with Crippen LogP contribution in [0.5, 0.6) is 0 Å². The molecule has 2 unspecified atom stereocenters. The lowest BCUT2D eigenvalue weighted by atomic mass is 9.94. The molecular formula is C19H34N2O2.